The van der Waals surface area contributed by atoms with Crippen molar-refractivity contribution in [2.45, 2.75) is 36.0 Å². The first kappa shape index (κ1) is 22.2. The summed E-state index contributed by atoms with van der Waals surface area (Å²) < 4.78 is 5.20. The van der Waals surface area contributed by atoms with Crippen molar-refractivity contribution in [3.63, 3.8) is 0 Å². The second-order valence-corrected chi connectivity index (χ2v) is 8.62. The number of nitrogens with zero attached hydrogens (tertiary/aromatic N) is 5. The van der Waals surface area contributed by atoms with Crippen LogP contribution in [0.25, 0.3) is 0 Å². The van der Waals surface area contributed by atoms with E-state index in [0.29, 0.717) is 22.8 Å². The van der Waals surface area contributed by atoms with Crippen LogP contribution in [0.15, 0.2) is 59.0 Å². The van der Waals surface area contributed by atoms with Gasteiger partial charge in [-0.2, -0.15) is 4.98 Å². The molecule has 1 aliphatic heterocycles. The minimum absolute atomic E-state index is 0.457. The van der Waals surface area contributed by atoms with Crippen LogP contribution in [0, 0.1) is 0 Å². The van der Waals surface area contributed by atoms with Crippen LogP contribution >= 0.6 is 24.0 Å². The molecule has 4 rings (SSSR count). The van der Waals surface area contributed by atoms with Crippen LogP contribution in [0.1, 0.15) is 24.8 Å². The number of thiocarbonyl (C=S) groups is 1. The highest BCUT2D eigenvalue weighted by atomic mass is 32.2. The molecule has 0 atom stereocenters. The van der Waals surface area contributed by atoms with Gasteiger partial charge in [0.15, 0.2) is 10.3 Å². The standard InChI is InChI=1S/C22H25N7OS2/c1-30-17-8-6-16(7-9-17)15-25-21(31)28-20-26-18(29-12-3-2-4-13-29)14-19(27-20)32-22-23-10-5-11-24-22/h5-11,14H,2-4,12-13,15H2,1H3,(H2,25,26,27,28,31). The van der Waals surface area contributed by atoms with E-state index in [2.05, 4.69) is 30.5 Å². The van der Waals surface area contributed by atoms with Gasteiger partial charge < -0.3 is 20.3 Å². The van der Waals surface area contributed by atoms with Crippen molar-refractivity contribution in [2.24, 2.45) is 0 Å². The lowest BCUT2D eigenvalue weighted by molar-refractivity contribution is 0.414. The van der Waals surface area contributed by atoms with Gasteiger partial charge in [-0.1, -0.05) is 12.1 Å². The Bertz CT molecular complexity index is 1030. The zero-order chi connectivity index (χ0) is 22.2. The van der Waals surface area contributed by atoms with Crippen LogP contribution in [0.4, 0.5) is 11.8 Å². The summed E-state index contributed by atoms with van der Waals surface area (Å²) >= 11 is 6.89. The van der Waals surface area contributed by atoms with Crippen molar-refractivity contribution >= 4 is 40.9 Å². The molecular weight excluding hydrogens is 442 g/mol. The van der Waals surface area contributed by atoms with Crippen LogP contribution in [0.2, 0.25) is 0 Å². The SMILES string of the molecule is COc1ccc(CNC(=S)Nc2nc(Sc3ncccn3)cc(N3CCCCC3)n2)cc1. The van der Waals surface area contributed by atoms with E-state index in [1.54, 1.807) is 25.6 Å². The molecule has 10 heteroatoms. The van der Waals surface area contributed by atoms with Crippen LogP contribution in [0.3, 0.4) is 0 Å². The molecule has 0 unspecified atom stereocenters. The third kappa shape index (κ3) is 6.27. The van der Waals surface area contributed by atoms with Gasteiger partial charge >= 0.3 is 0 Å². The smallest absolute Gasteiger partial charge is 0.232 e. The Balaban J connectivity index is 1.46. The van der Waals surface area contributed by atoms with Gasteiger partial charge in [0.25, 0.3) is 0 Å². The number of hydrogen-bond acceptors (Lipinski definition) is 8. The Morgan fingerprint density at radius 2 is 1.84 bits per heavy atom. The molecule has 0 bridgehead atoms. The molecule has 2 aromatic heterocycles. The summed E-state index contributed by atoms with van der Waals surface area (Å²) in [6.45, 7) is 2.56. The Labute approximate surface area is 197 Å². The fourth-order valence-electron chi connectivity index (χ4n) is 3.31. The third-order valence-electron chi connectivity index (χ3n) is 4.94. The molecule has 3 heterocycles. The molecule has 3 aromatic rings. The summed E-state index contributed by atoms with van der Waals surface area (Å²) in [6.07, 6.45) is 7.03. The molecule has 0 aliphatic carbocycles. The Morgan fingerprint density at radius 3 is 2.56 bits per heavy atom. The Morgan fingerprint density at radius 1 is 1.09 bits per heavy atom. The number of methoxy groups -OCH3 is 1. The highest BCUT2D eigenvalue weighted by Gasteiger charge is 2.16. The molecule has 32 heavy (non-hydrogen) atoms. The Kier molecular flexibility index (Phi) is 7.68. The predicted molar refractivity (Wildman–Crippen MR) is 130 cm³/mol. The summed E-state index contributed by atoms with van der Waals surface area (Å²) in [5, 5.41) is 8.21. The average molecular weight is 468 g/mol. The number of ether oxygens (including phenoxy) is 1. The van der Waals surface area contributed by atoms with Crippen LogP contribution < -0.4 is 20.3 Å². The topological polar surface area (TPSA) is 88.1 Å². The van der Waals surface area contributed by atoms with E-state index in [-0.39, 0.29) is 0 Å². The molecule has 8 nitrogen and oxygen atoms in total. The van der Waals surface area contributed by atoms with Crippen molar-refractivity contribution in [3.8, 4) is 5.75 Å². The van der Waals surface area contributed by atoms with Crippen molar-refractivity contribution < 1.29 is 4.74 Å². The zero-order valence-electron chi connectivity index (χ0n) is 17.8. The highest BCUT2D eigenvalue weighted by Crippen LogP contribution is 2.28. The number of piperidine rings is 1. The van der Waals surface area contributed by atoms with Gasteiger partial charge in [-0.25, -0.2) is 15.0 Å². The Hall–Kier alpha value is -2.98. The van der Waals surface area contributed by atoms with Crippen molar-refractivity contribution in [3.05, 3.63) is 54.4 Å². The van der Waals surface area contributed by atoms with Crippen molar-refractivity contribution in [1.82, 2.24) is 25.3 Å². The average Bonchev–Trinajstić information content (AvgIpc) is 2.84. The minimum Gasteiger partial charge on any atom is -0.497 e. The van der Waals surface area contributed by atoms with Crippen LogP contribution in [-0.2, 0) is 6.54 Å². The molecule has 1 fully saturated rings. The first-order valence-corrected chi connectivity index (χ1v) is 11.7. The quantitative estimate of drug-likeness (QED) is 0.303. The van der Waals surface area contributed by atoms with Crippen molar-refractivity contribution in [1.29, 1.82) is 0 Å². The van der Waals surface area contributed by atoms with E-state index in [1.807, 2.05) is 30.3 Å². The molecule has 0 amide bonds. The second-order valence-electron chi connectivity index (χ2n) is 7.22. The van der Waals surface area contributed by atoms with E-state index in [1.165, 1.54) is 31.0 Å². The number of anilines is 2. The molecular formula is C22H25N7OS2. The van der Waals surface area contributed by atoms with Gasteiger partial charge in [-0.15, -0.1) is 0 Å². The number of hydrogen-bond donors (Lipinski definition) is 2. The van der Waals surface area contributed by atoms with E-state index in [0.717, 1.165) is 35.2 Å². The number of rotatable bonds is 7. The fraction of sp³-hybridized carbons (Fsp3) is 0.318. The van der Waals surface area contributed by atoms with Gasteiger partial charge in [-0.05, 0) is 67.0 Å². The second kappa shape index (κ2) is 11.1. The van der Waals surface area contributed by atoms with Gasteiger partial charge in [0.2, 0.25) is 5.95 Å². The molecule has 1 aliphatic rings. The molecule has 1 saturated heterocycles. The molecule has 166 valence electrons. The number of aromatic nitrogens is 4. The van der Waals surface area contributed by atoms with Gasteiger partial charge in [0.05, 0.1) is 7.11 Å². The van der Waals surface area contributed by atoms with E-state index in [4.69, 9.17) is 21.9 Å². The molecule has 2 N–H and O–H groups in total. The lowest BCUT2D eigenvalue weighted by atomic mass is 10.1. The summed E-state index contributed by atoms with van der Waals surface area (Å²) in [4.78, 5) is 20.2. The summed E-state index contributed by atoms with van der Waals surface area (Å²) in [5.41, 5.74) is 1.09. The maximum atomic E-state index is 5.48. The zero-order valence-corrected chi connectivity index (χ0v) is 19.5. The van der Waals surface area contributed by atoms with E-state index in [9.17, 15) is 0 Å². The molecule has 1 aromatic carbocycles. The van der Waals surface area contributed by atoms with Crippen LogP contribution in [-0.4, -0.2) is 45.2 Å². The fourth-order valence-corrected chi connectivity index (χ4v) is 4.18. The van der Waals surface area contributed by atoms with Gasteiger partial charge in [0.1, 0.15) is 16.6 Å². The number of benzene rings is 1. The summed E-state index contributed by atoms with van der Waals surface area (Å²) in [7, 11) is 1.65. The van der Waals surface area contributed by atoms with Gasteiger partial charge in [0, 0.05) is 38.1 Å². The number of nitrogens with one attached hydrogen (secondary N) is 2. The first-order chi connectivity index (χ1) is 15.7. The third-order valence-corrected chi connectivity index (χ3v) is 6.00. The largest absolute Gasteiger partial charge is 0.497 e. The normalized spacial score (nSPS) is 13.5. The summed E-state index contributed by atoms with van der Waals surface area (Å²) in [5.74, 6) is 2.17. The highest BCUT2D eigenvalue weighted by molar-refractivity contribution is 7.99. The van der Waals surface area contributed by atoms with E-state index >= 15 is 0 Å². The van der Waals surface area contributed by atoms with Crippen LogP contribution in [0.5, 0.6) is 5.75 Å². The van der Waals surface area contributed by atoms with E-state index < -0.39 is 0 Å². The monoisotopic (exact) mass is 467 g/mol. The van der Waals surface area contributed by atoms with Crippen molar-refractivity contribution in [2.75, 3.05) is 30.4 Å². The molecule has 0 saturated carbocycles. The minimum atomic E-state index is 0.457. The lowest BCUT2D eigenvalue weighted by Gasteiger charge is -2.28. The summed E-state index contributed by atoms with van der Waals surface area (Å²) in [6, 6.07) is 11.6. The molecule has 0 spiro atoms. The maximum Gasteiger partial charge on any atom is 0.232 e. The maximum absolute atomic E-state index is 5.48. The lowest BCUT2D eigenvalue weighted by Crippen LogP contribution is -2.32. The predicted octanol–water partition coefficient (Wildman–Crippen LogP) is 3.90. The van der Waals surface area contributed by atoms with Gasteiger partial charge in [-0.3, -0.25) is 0 Å². The first-order valence-electron chi connectivity index (χ1n) is 10.5. The molecule has 0 radical (unpaired) electrons.